The number of benzene rings is 2. The molecule has 180 valence electrons. The summed E-state index contributed by atoms with van der Waals surface area (Å²) < 4.78 is 61.3. The first-order valence-electron chi connectivity index (χ1n) is 11.0. The van der Waals surface area contributed by atoms with Gasteiger partial charge in [0.2, 0.25) is 0 Å². The molecule has 2 aliphatic rings. The van der Waals surface area contributed by atoms with Gasteiger partial charge in [0.15, 0.2) is 23.1 Å². The summed E-state index contributed by atoms with van der Waals surface area (Å²) in [5.41, 5.74) is 2.67. The summed E-state index contributed by atoms with van der Waals surface area (Å²) in [6.45, 7) is 2.25. The summed E-state index contributed by atoms with van der Waals surface area (Å²) in [4.78, 5) is 4.43. The normalized spacial score (nSPS) is 17.2. The van der Waals surface area contributed by atoms with Gasteiger partial charge < -0.3 is 23.8 Å². The monoisotopic (exact) mass is 466 g/mol. The topological polar surface area (TPSA) is 43.4 Å². The van der Waals surface area contributed by atoms with Crippen molar-refractivity contribution in [1.29, 1.82) is 0 Å². The van der Waals surface area contributed by atoms with Crippen molar-refractivity contribution in [1.82, 2.24) is 4.90 Å². The van der Waals surface area contributed by atoms with Crippen LogP contribution >= 0.6 is 0 Å². The third kappa shape index (κ3) is 5.47. The molecule has 4 rings (SSSR count). The lowest BCUT2D eigenvalue weighted by Gasteiger charge is -2.44. The molecule has 2 aromatic rings. The summed E-state index contributed by atoms with van der Waals surface area (Å²) in [7, 11) is 3.19. The van der Waals surface area contributed by atoms with Crippen LogP contribution in [0, 0.1) is 5.82 Å². The second-order valence-electron chi connectivity index (χ2n) is 8.24. The molecule has 2 aliphatic heterocycles. The average Bonchev–Trinajstić information content (AvgIpc) is 2.83. The largest absolute Gasteiger partial charge is 0.493 e. The predicted octanol–water partition coefficient (Wildman–Crippen LogP) is 4.45. The van der Waals surface area contributed by atoms with Crippen molar-refractivity contribution in [3.63, 3.8) is 0 Å². The summed E-state index contributed by atoms with van der Waals surface area (Å²) in [5.74, 6) is 0.539. The SMILES string of the molecule is COc1ccc(CN2Cc3cc(OCC(F)F)c(F)cc3N(C3CCOCC3)C2)cc1OC. The average molecular weight is 467 g/mol. The number of ether oxygens (including phenoxy) is 4. The van der Waals surface area contributed by atoms with Crippen molar-refractivity contribution in [3.8, 4) is 17.2 Å². The van der Waals surface area contributed by atoms with E-state index in [1.807, 2.05) is 18.2 Å². The van der Waals surface area contributed by atoms with Gasteiger partial charge in [0.05, 0.1) is 20.9 Å². The van der Waals surface area contributed by atoms with Crippen LogP contribution in [0.4, 0.5) is 18.9 Å². The van der Waals surface area contributed by atoms with Crippen LogP contribution in [0.3, 0.4) is 0 Å². The van der Waals surface area contributed by atoms with Crippen LogP contribution in [-0.4, -0.2) is 58.1 Å². The van der Waals surface area contributed by atoms with Gasteiger partial charge in [-0.05, 0) is 42.2 Å². The number of rotatable bonds is 8. The highest BCUT2D eigenvalue weighted by Crippen LogP contribution is 2.37. The first kappa shape index (κ1) is 23.5. The number of hydrogen-bond acceptors (Lipinski definition) is 6. The van der Waals surface area contributed by atoms with Gasteiger partial charge >= 0.3 is 0 Å². The summed E-state index contributed by atoms with van der Waals surface area (Å²) in [5, 5.41) is 0. The van der Waals surface area contributed by atoms with E-state index >= 15 is 0 Å². The molecule has 0 aromatic heterocycles. The van der Waals surface area contributed by atoms with Gasteiger partial charge in [0.25, 0.3) is 6.43 Å². The lowest BCUT2D eigenvalue weighted by Crippen LogP contribution is -2.49. The number of methoxy groups -OCH3 is 2. The lowest BCUT2D eigenvalue weighted by atomic mass is 10.0. The third-order valence-corrected chi connectivity index (χ3v) is 6.04. The van der Waals surface area contributed by atoms with Gasteiger partial charge in [-0.25, -0.2) is 13.2 Å². The Kier molecular flexibility index (Phi) is 7.49. The molecule has 2 aromatic carbocycles. The quantitative estimate of drug-likeness (QED) is 0.573. The van der Waals surface area contributed by atoms with Gasteiger partial charge in [-0.2, -0.15) is 0 Å². The molecule has 0 bridgehead atoms. The Balaban J connectivity index is 1.61. The maximum atomic E-state index is 14.7. The molecule has 2 heterocycles. The number of fused-ring (bicyclic) bond motifs is 1. The van der Waals surface area contributed by atoms with E-state index in [9.17, 15) is 13.2 Å². The highest BCUT2D eigenvalue weighted by Gasteiger charge is 2.31. The molecule has 0 unspecified atom stereocenters. The minimum atomic E-state index is -2.67. The number of nitrogens with zero attached hydrogens (tertiary/aromatic N) is 2. The zero-order valence-electron chi connectivity index (χ0n) is 18.9. The van der Waals surface area contributed by atoms with Crippen molar-refractivity contribution in [2.24, 2.45) is 0 Å². The molecular weight excluding hydrogens is 437 g/mol. The number of hydrogen-bond donors (Lipinski definition) is 0. The highest BCUT2D eigenvalue weighted by molar-refractivity contribution is 5.59. The molecule has 0 atom stereocenters. The second-order valence-corrected chi connectivity index (χ2v) is 8.24. The van der Waals surface area contributed by atoms with E-state index in [1.54, 1.807) is 20.3 Å². The Bertz CT molecular complexity index is 954. The second kappa shape index (κ2) is 10.5. The first-order valence-corrected chi connectivity index (χ1v) is 11.0. The van der Waals surface area contributed by atoms with E-state index in [-0.39, 0.29) is 11.8 Å². The van der Waals surface area contributed by atoms with Crippen LogP contribution in [0.25, 0.3) is 0 Å². The van der Waals surface area contributed by atoms with Gasteiger partial charge in [-0.15, -0.1) is 0 Å². The summed E-state index contributed by atoms with van der Waals surface area (Å²) in [6, 6.07) is 8.97. The fraction of sp³-hybridized carbons (Fsp3) is 0.500. The number of halogens is 3. The van der Waals surface area contributed by atoms with Crippen molar-refractivity contribution in [2.75, 3.05) is 45.6 Å². The Labute approximate surface area is 191 Å². The maximum Gasteiger partial charge on any atom is 0.272 e. The first-order chi connectivity index (χ1) is 16.0. The van der Waals surface area contributed by atoms with Gasteiger partial charge in [-0.3, -0.25) is 4.90 Å². The Morgan fingerprint density at radius 1 is 1.03 bits per heavy atom. The molecular formula is C24H29F3N2O4. The zero-order chi connectivity index (χ0) is 23.4. The van der Waals surface area contributed by atoms with E-state index in [0.29, 0.717) is 44.5 Å². The van der Waals surface area contributed by atoms with Gasteiger partial charge in [-0.1, -0.05) is 6.07 Å². The minimum absolute atomic E-state index is 0.144. The molecule has 0 amide bonds. The van der Waals surface area contributed by atoms with Crippen molar-refractivity contribution in [2.45, 2.75) is 38.4 Å². The molecule has 33 heavy (non-hydrogen) atoms. The molecule has 0 aliphatic carbocycles. The van der Waals surface area contributed by atoms with Crippen LogP contribution in [0.2, 0.25) is 0 Å². The van der Waals surface area contributed by atoms with Gasteiger partial charge in [0, 0.05) is 44.1 Å². The van der Waals surface area contributed by atoms with Crippen molar-refractivity contribution in [3.05, 3.63) is 47.3 Å². The van der Waals surface area contributed by atoms with E-state index in [1.165, 1.54) is 6.07 Å². The van der Waals surface area contributed by atoms with Crippen molar-refractivity contribution >= 4 is 5.69 Å². The summed E-state index contributed by atoms with van der Waals surface area (Å²) in [6.07, 6.45) is -0.982. The molecule has 1 fully saturated rings. The molecule has 6 nitrogen and oxygen atoms in total. The molecule has 0 spiro atoms. The van der Waals surface area contributed by atoms with E-state index in [4.69, 9.17) is 18.9 Å². The van der Waals surface area contributed by atoms with Crippen LogP contribution in [-0.2, 0) is 17.8 Å². The number of anilines is 1. The molecule has 0 saturated carbocycles. The standard InChI is InChI=1S/C24H29F3N2O4/c1-30-21-4-3-16(9-23(21)31-2)12-28-13-17-10-22(33-14-24(26)27)19(25)11-20(17)29(15-28)18-5-7-32-8-6-18/h3-4,9-11,18,24H,5-8,12-15H2,1-2H3. The smallest absolute Gasteiger partial charge is 0.272 e. The molecule has 1 saturated heterocycles. The lowest BCUT2D eigenvalue weighted by molar-refractivity contribution is 0.0782. The Morgan fingerprint density at radius 3 is 2.48 bits per heavy atom. The van der Waals surface area contributed by atoms with E-state index in [0.717, 1.165) is 29.7 Å². The molecule has 0 radical (unpaired) electrons. The van der Waals surface area contributed by atoms with Gasteiger partial charge in [0.1, 0.15) is 6.61 Å². The van der Waals surface area contributed by atoms with Crippen LogP contribution in [0.15, 0.2) is 30.3 Å². The summed E-state index contributed by atoms with van der Waals surface area (Å²) >= 11 is 0. The highest BCUT2D eigenvalue weighted by atomic mass is 19.3. The zero-order valence-corrected chi connectivity index (χ0v) is 18.9. The van der Waals surface area contributed by atoms with Crippen molar-refractivity contribution < 1.29 is 32.1 Å². The third-order valence-electron chi connectivity index (χ3n) is 6.04. The van der Waals surface area contributed by atoms with E-state index < -0.39 is 18.8 Å². The van der Waals surface area contributed by atoms with Crippen LogP contribution < -0.4 is 19.1 Å². The van der Waals surface area contributed by atoms with Crippen LogP contribution in [0.5, 0.6) is 17.2 Å². The Morgan fingerprint density at radius 2 is 1.79 bits per heavy atom. The van der Waals surface area contributed by atoms with Crippen LogP contribution in [0.1, 0.15) is 24.0 Å². The molecule has 9 heteroatoms. The molecule has 0 N–H and O–H groups in total. The minimum Gasteiger partial charge on any atom is -0.493 e. The fourth-order valence-corrected chi connectivity index (χ4v) is 4.48. The maximum absolute atomic E-state index is 14.7. The fourth-order valence-electron chi connectivity index (χ4n) is 4.48. The predicted molar refractivity (Wildman–Crippen MR) is 118 cm³/mol. The number of alkyl halides is 2. The van der Waals surface area contributed by atoms with E-state index in [2.05, 4.69) is 9.80 Å². The Hall–Kier alpha value is -2.65.